The van der Waals surface area contributed by atoms with Crippen molar-refractivity contribution in [1.29, 1.82) is 0 Å². The van der Waals surface area contributed by atoms with E-state index in [0.717, 1.165) is 0 Å². The van der Waals surface area contributed by atoms with Crippen molar-refractivity contribution in [3.63, 3.8) is 0 Å². The summed E-state index contributed by atoms with van der Waals surface area (Å²) in [6.07, 6.45) is 0.632. The third-order valence-corrected chi connectivity index (χ3v) is 2.85. The average Bonchev–Trinajstić information content (AvgIpc) is 2.49. The molecule has 0 bridgehead atoms. The molecule has 0 saturated carbocycles. The summed E-state index contributed by atoms with van der Waals surface area (Å²) in [5.74, 6) is -0.226. The second-order valence-electron chi connectivity index (χ2n) is 5.29. The molecule has 0 heterocycles. The summed E-state index contributed by atoms with van der Waals surface area (Å²) >= 11 is 0. The largest absolute Gasteiger partial charge is 0.493 e. The van der Waals surface area contributed by atoms with Crippen molar-refractivity contribution in [2.75, 3.05) is 26.9 Å². The Morgan fingerprint density at radius 3 is 2.65 bits per heavy atom. The van der Waals surface area contributed by atoms with E-state index in [1.165, 1.54) is 25.3 Å². The summed E-state index contributed by atoms with van der Waals surface area (Å²) in [5.41, 5.74) is 0.00717. The van der Waals surface area contributed by atoms with Gasteiger partial charge in [0.1, 0.15) is 0 Å². The van der Waals surface area contributed by atoms with Gasteiger partial charge in [-0.25, -0.2) is 0 Å². The van der Waals surface area contributed by atoms with Gasteiger partial charge in [0.2, 0.25) is 0 Å². The highest BCUT2D eigenvalue weighted by Crippen LogP contribution is 2.32. The molecule has 0 aliphatic carbocycles. The number of hydrogen-bond acceptors (Lipinski definition) is 4. The molecule has 130 valence electrons. The Hall–Kier alpha value is -1.89. The lowest BCUT2D eigenvalue weighted by Gasteiger charge is -2.14. The number of halogens is 2. The van der Waals surface area contributed by atoms with E-state index in [0.29, 0.717) is 32.1 Å². The summed E-state index contributed by atoms with van der Waals surface area (Å²) in [6, 6.07) is 4.40. The number of nitrogens with one attached hydrogen (secondary N) is 1. The smallest absolute Gasteiger partial charge is 0.387 e. The van der Waals surface area contributed by atoms with Gasteiger partial charge in [0.15, 0.2) is 11.5 Å². The fraction of sp³-hybridized carbons (Fsp3) is 0.562. The molecule has 1 N–H and O–H groups in total. The van der Waals surface area contributed by atoms with Crippen molar-refractivity contribution < 1.29 is 27.8 Å². The number of hydrogen-bond donors (Lipinski definition) is 1. The van der Waals surface area contributed by atoms with Crippen LogP contribution in [0.2, 0.25) is 0 Å². The van der Waals surface area contributed by atoms with E-state index in [1.54, 1.807) is 0 Å². The topological polar surface area (TPSA) is 56.8 Å². The minimum absolute atomic E-state index is 0.00717. The molecule has 0 aliphatic rings. The molecule has 5 nitrogen and oxygen atoms in total. The van der Waals surface area contributed by atoms with Crippen LogP contribution in [0.4, 0.5) is 8.78 Å². The first-order valence-corrected chi connectivity index (χ1v) is 7.43. The van der Waals surface area contributed by atoms with Crippen LogP contribution in [0.5, 0.6) is 11.5 Å². The third kappa shape index (κ3) is 6.81. The maximum atomic E-state index is 12.5. The highest BCUT2D eigenvalue weighted by atomic mass is 19.3. The van der Waals surface area contributed by atoms with E-state index in [1.807, 2.05) is 0 Å². The first kappa shape index (κ1) is 19.2. The zero-order valence-corrected chi connectivity index (χ0v) is 13.6. The molecule has 0 unspecified atom stereocenters. The van der Waals surface area contributed by atoms with Crippen LogP contribution in [0, 0.1) is 5.92 Å². The fourth-order valence-corrected chi connectivity index (χ4v) is 1.86. The van der Waals surface area contributed by atoms with Crippen LogP contribution in [0.25, 0.3) is 0 Å². The number of alkyl halides is 2. The summed E-state index contributed by atoms with van der Waals surface area (Å²) < 4.78 is 39.8. The number of carbonyl (C=O) groups excluding carboxylic acids is 1. The molecular weight excluding hydrogens is 308 g/mol. The highest BCUT2D eigenvalue weighted by Gasteiger charge is 2.19. The number of rotatable bonds is 10. The lowest BCUT2D eigenvalue weighted by molar-refractivity contribution is -0.0515. The van der Waals surface area contributed by atoms with Crippen LogP contribution in [0.15, 0.2) is 18.2 Å². The van der Waals surface area contributed by atoms with E-state index in [2.05, 4.69) is 23.9 Å². The minimum Gasteiger partial charge on any atom is -0.493 e. The van der Waals surface area contributed by atoms with Crippen LogP contribution in [0.3, 0.4) is 0 Å². The zero-order chi connectivity index (χ0) is 17.2. The maximum absolute atomic E-state index is 12.5. The lowest BCUT2D eigenvalue weighted by atomic mass is 10.1. The normalized spacial score (nSPS) is 10.9. The molecule has 0 atom stereocenters. The van der Waals surface area contributed by atoms with E-state index in [4.69, 9.17) is 9.47 Å². The monoisotopic (exact) mass is 331 g/mol. The molecule has 0 saturated heterocycles. The number of carbonyl (C=O) groups is 1. The first-order chi connectivity index (χ1) is 11.0. The zero-order valence-electron chi connectivity index (χ0n) is 13.6. The van der Waals surface area contributed by atoms with Crippen molar-refractivity contribution in [2.45, 2.75) is 26.9 Å². The van der Waals surface area contributed by atoms with Crippen molar-refractivity contribution in [2.24, 2.45) is 5.92 Å². The number of benzene rings is 1. The van der Waals surface area contributed by atoms with Gasteiger partial charge in [0, 0.05) is 19.8 Å². The van der Waals surface area contributed by atoms with Crippen LogP contribution in [0.1, 0.15) is 30.6 Å². The number of amides is 1. The predicted molar refractivity (Wildman–Crippen MR) is 82.2 cm³/mol. The van der Waals surface area contributed by atoms with Gasteiger partial charge >= 0.3 is 6.61 Å². The van der Waals surface area contributed by atoms with Crippen molar-refractivity contribution in [3.8, 4) is 11.5 Å². The summed E-state index contributed by atoms with van der Waals surface area (Å²) in [5, 5.41) is 2.65. The Balaban J connectivity index is 2.58. The van der Waals surface area contributed by atoms with Gasteiger partial charge in [-0.1, -0.05) is 19.9 Å². The van der Waals surface area contributed by atoms with Gasteiger partial charge in [-0.2, -0.15) is 8.78 Å². The second kappa shape index (κ2) is 9.99. The van der Waals surface area contributed by atoms with E-state index < -0.39 is 12.5 Å². The van der Waals surface area contributed by atoms with Crippen LogP contribution in [-0.2, 0) is 4.74 Å². The van der Waals surface area contributed by atoms with Gasteiger partial charge in [0.05, 0.1) is 12.7 Å². The Bertz CT molecular complexity index is 495. The summed E-state index contributed by atoms with van der Waals surface area (Å²) in [4.78, 5) is 12.1. The fourth-order valence-electron chi connectivity index (χ4n) is 1.86. The number of para-hydroxylation sites is 1. The molecule has 23 heavy (non-hydrogen) atoms. The molecule has 1 aromatic rings. The maximum Gasteiger partial charge on any atom is 0.387 e. The molecule has 0 aromatic heterocycles. The molecule has 1 amide bonds. The molecule has 7 heteroatoms. The van der Waals surface area contributed by atoms with Crippen LogP contribution < -0.4 is 14.8 Å². The molecule has 0 spiro atoms. The lowest BCUT2D eigenvalue weighted by Crippen LogP contribution is -2.26. The SMILES string of the molecule is COc1cccc(C(=O)NCCCOCC(C)C)c1OC(F)F. The van der Waals surface area contributed by atoms with Gasteiger partial charge < -0.3 is 19.5 Å². The Labute approximate surface area is 134 Å². The highest BCUT2D eigenvalue weighted by molar-refractivity contribution is 5.97. The molecular formula is C16H23F2NO4. The third-order valence-electron chi connectivity index (χ3n) is 2.85. The van der Waals surface area contributed by atoms with E-state index >= 15 is 0 Å². The van der Waals surface area contributed by atoms with Crippen LogP contribution >= 0.6 is 0 Å². The van der Waals surface area contributed by atoms with Gasteiger partial charge in [-0.3, -0.25) is 4.79 Å². The van der Waals surface area contributed by atoms with Crippen molar-refractivity contribution in [1.82, 2.24) is 5.32 Å². The van der Waals surface area contributed by atoms with Crippen LogP contribution in [-0.4, -0.2) is 39.4 Å². The van der Waals surface area contributed by atoms with Crippen molar-refractivity contribution in [3.05, 3.63) is 23.8 Å². The van der Waals surface area contributed by atoms with Crippen molar-refractivity contribution >= 4 is 5.91 Å². The average molecular weight is 331 g/mol. The standard InChI is InChI=1S/C16H23F2NO4/c1-11(2)10-22-9-5-8-19-15(20)12-6-4-7-13(21-3)14(12)23-16(17)18/h4,6-7,11,16H,5,8-10H2,1-3H3,(H,19,20). The van der Waals surface area contributed by atoms with Gasteiger partial charge in [-0.15, -0.1) is 0 Å². The molecule has 1 rings (SSSR count). The molecule has 1 aromatic carbocycles. The van der Waals surface area contributed by atoms with Gasteiger partial charge in [0.25, 0.3) is 5.91 Å². The predicted octanol–water partition coefficient (Wildman–Crippen LogP) is 3.09. The molecule has 0 fully saturated rings. The Morgan fingerprint density at radius 2 is 2.04 bits per heavy atom. The second-order valence-corrected chi connectivity index (χ2v) is 5.29. The van der Waals surface area contributed by atoms with E-state index in [9.17, 15) is 13.6 Å². The number of ether oxygens (including phenoxy) is 3. The number of methoxy groups -OCH3 is 1. The van der Waals surface area contributed by atoms with Gasteiger partial charge in [-0.05, 0) is 24.5 Å². The molecule has 0 radical (unpaired) electrons. The molecule has 0 aliphatic heterocycles. The summed E-state index contributed by atoms with van der Waals surface area (Å²) in [6.45, 7) is 2.63. The minimum atomic E-state index is -3.04. The Morgan fingerprint density at radius 1 is 1.30 bits per heavy atom. The van der Waals surface area contributed by atoms with E-state index in [-0.39, 0.29) is 17.1 Å². The quantitative estimate of drug-likeness (QED) is 0.670. The first-order valence-electron chi connectivity index (χ1n) is 7.43. The summed E-state index contributed by atoms with van der Waals surface area (Å²) in [7, 11) is 1.32. The Kier molecular flexibility index (Phi) is 8.32.